The minimum atomic E-state index is -3.01. The van der Waals surface area contributed by atoms with Gasteiger partial charge >= 0.3 is 0 Å². The van der Waals surface area contributed by atoms with Gasteiger partial charge in [0.2, 0.25) is 0 Å². The molecule has 0 bridgehead atoms. The summed E-state index contributed by atoms with van der Waals surface area (Å²) in [6, 6.07) is 135. The van der Waals surface area contributed by atoms with Crippen LogP contribution in [0.25, 0.3) is 0 Å². The molecule has 4 nitrogen and oxygen atoms in total. The average Bonchev–Trinajstić information content (AvgIpc) is 1.08. The van der Waals surface area contributed by atoms with E-state index in [1.807, 2.05) is 0 Å². The van der Waals surface area contributed by atoms with Crippen LogP contribution in [0.5, 0.6) is 0 Å². The van der Waals surface area contributed by atoms with Crippen LogP contribution < -0.4 is 63.7 Å². The number of nitrogens with zero attached hydrogens (tertiary/aromatic N) is 4. The average molecular weight is 1180 g/mol. The second-order valence-electron chi connectivity index (χ2n) is 20.8. The Hall–Kier alpha value is -9.22. The Morgan fingerprint density at radius 2 is 0.221 bits per heavy atom. The van der Waals surface area contributed by atoms with Gasteiger partial charge < -0.3 is 0 Å². The molecule has 0 saturated heterocycles. The zero-order valence-electron chi connectivity index (χ0n) is 47.4. The summed E-state index contributed by atoms with van der Waals surface area (Å²) >= 11 is 0. The van der Waals surface area contributed by atoms with E-state index in [0.29, 0.717) is 0 Å². The lowest BCUT2D eigenvalue weighted by Crippen LogP contribution is -2.25. The van der Waals surface area contributed by atoms with Gasteiger partial charge in [-0.25, -0.2) is 0 Å². The Balaban J connectivity index is 1.34. The zero-order chi connectivity index (χ0) is 57.9. The summed E-state index contributed by atoms with van der Waals surface area (Å²) in [5, 5.41) is 13.4. The summed E-state index contributed by atoms with van der Waals surface area (Å²) in [4.78, 5) is 0. The van der Waals surface area contributed by atoms with E-state index in [-0.39, 0.29) is 0 Å². The van der Waals surface area contributed by atoms with Crippen LogP contribution in [-0.2, 0) is 0 Å². The van der Waals surface area contributed by atoms with Crippen molar-refractivity contribution in [3.8, 4) is 0 Å². The minimum absolute atomic E-state index is 0.718. The van der Waals surface area contributed by atoms with Crippen LogP contribution in [0.3, 0.4) is 0 Å². The predicted octanol–water partition coefficient (Wildman–Crippen LogP) is 16.9. The van der Waals surface area contributed by atoms with Crippen LogP contribution in [0, 0.1) is 0 Å². The first kappa shape index (κ1) is 55.9. The summed E-state index contributed by atoms with van der Waals surface area (Å²) in [5.41, 5.74) is 2.87. The Kier molecular flexibility index (Phi) is 16.6. The van der Waals surface area contributed by atoms with Crippen molar-refractivity contribution in [1.29, 1.82) is 0 Å². The van der Waals surface area contributed by atoms with E-state index in [9.17, 15) is 0 Å². The molecule has 8 heteroatoms. The number of benzene rings is 13. The third-order valence-electron chi connectivity index (χ3n) is 15.7. The van der Waals surface area contributed by atoms with Gasteiger partial charge in [-0.2, -0.15) is 0 Å². The van der Waals surface area contributed by atoms with Gasteiger partial charge in [0.1, 0.15) is 0 Å². The second kappa shape index (κ2) is 25.6. The normalized spacial score (nSPS) is 11.7. The summed E-state index contributed by atoms with van der Waals surface area (Å²) < 4.78 is 26.2. The Labute approximate surface area is 506 Å². The Bertz CT molecular complexity index is 3590. The predicted molar refractivity (Wildman–Crippen MR) is 375 cm³/mol. The highest BCUT2D eigenvalue weighted by Gasteiger charge is 2.35. The molecule has 0 N–H and O–H groups in total. The topological polar surface area (TPSA) is 49.4 Å². The summed E-state index contributed by atoms with van der Waals surface area (Å²) in [5.74, 6) is 0. The second-order valence-corrected chi connectivity index (χ2v) is 32.9. The maximum Gasteiger partial charge on any atom is 0.0904 e. The third-order valence-corrected chi connectivity index (χ3v) is 30.3. The molecule has 0 spiro atoms. The zero-order valence-corrected chi connectivity index (χ0v) is 51.0. The number of rotatable bonds is 16. The van der Waals surface area contributed by atoms with Gasteiger partial charge in [-0.3, -0.25) is 19.0 Å². The van der Waals surface area contributed by atoms with Crippen molar-refractivity contribution in [3.63, 3.8) is 0 Å². The molecule has 414 valence electrons. The molecule has 0 heterocycles. The maximum atomic E-state index is 6.54. The first-order valence-electron chi connectivity index (χ1n) is 29.0. The summed E-state index contributed by atoms with van der Waals surface area (Å²) in [6.07, 6.45) is 0. The van der Waals surface area contributed by atoms with E-state index in [1.165, 1.54) is 0 Å². The van der Waals surface area contributed by atoms with Crippen molar-refractivity contribution < 1.29 is 0 Å². The molecular weight excluding hydrogens is 1120 g/mol. The fourth-order valence-corrected chi connectivity index (χ4v) is 25.9. The van der Waals surface area contributed by atoms with E-state index < -0.39 is 28.2 Å². The molecule has 0 aliphatic heterocycles. The summed E-state index contributed by atoms with van der Waals surface area (Å²) in [7, 11) is -12.0. The van der Waals surface area contributed by atoms with E-state index in [1.54, 1.807) is 0 Å². The highest BCUT2D eigenvalue weighted by Crippen LogP contribution is 2.61. The molecular formula is C78H62N4P4. The fourth-order valence-electron chi connectivity index (χ4n) is 11.7. The highest BCUT2D eigenvalue weighted by atomic mass is 31.2. The molecule has 0 aliphatic carbocycles. The van der Waals surface area contributed by atoms with Crippen molar-refractivity contribution in [2.45, 2.75) is 0 Å². The van der Waals surface area contributed by atoms with Crippen molar-refractivity contribution >= 4 is 115 Å². The third kappa shape index (κ3) is 10.7. The smallest absolute Gasteiger partial charge is 0.0904 e. The summed E-state index contributed by atoms with van der Waals surface area (Å²) in [6.45, 7) is 0. The van der Waals surface area contributed by atoms with Gasteiger partial charge in [-0.1, -0.05) is 364 Å². The lowest BCUT2D eigenvalue weighted by molar-refractivity contribution is 1.42. The Morgan fingerprint density at radius 3 is 0.314 bits per heavy atom. The minimum Gasteiger partial charge on any atom is -0.252 e. The molecule has 0 atom stereocenters. The molecule has 0 fully saturated rings. The number of hydrogen-bond donors (Lipinski definition) is 0. The molecule has 13 rings (SSSR count). The molecule has 0 amide bonds. The van der Waals surface area contributed by atoms with Gasteiger partial charge in [-0.15, -0.1) is 0 Å². The van der Waals surface area contributed by atoms with Crippen molar-refractivity contribution in [2.75, 3.05) is 0 Å². The molecule has 13 aromatic rings. The van der Waals surface area contributed by atoms with E-state index in [0.717, 1.165) is 86.4 Å². The Morgan fingerprint density at radius 1 is 0.128 bits per heavy atom. The van der Waals surface area contributed by atoms with Crippen LogP contribution in [0.15, 0.2) is 395 Å². The first-order valence-corrected chi connectivity index (χ1v) is 35.9. The fraction of sp³-hybridized carbons (Fsp3) is 0. The van der Waals surface area contributed by atoms with Crippen LogP contribution in [0.4, 0.5) is 22.7 Å². The van der Waals surface area contributed by atoms with Crippen molar-refractivity contribution in [1.82, 2.24) is 0 Å². The van der Waals surface area contributed by atoms with Crippen LogP contribution in [0.2, 0.25) is 0 Å². The molecule has 0 unspecified atom stereocenters. The van der Waals surface area contributed by atoms with Crippen molar-refractivity contribution in [3.05, 3.63) is 376 Å². The van der Waals surface area contributed by atoms with Gasteiger partial charge in [0, 0.05) is 63.7 Å². The lowest BCUT2D eigenvalue weighted by Gasteiger charge is -2.30. The van der Waals surface area contributed by atoms with Crippen LogP contribution in [0.1, 0.15) is 0 Å². The molecule has 0 radical (unpaired) electrons. The number of hydrogen-bond acceptors (Lipinski definition) is 4. The largest absolute Gasteiger partial charge is 0.252 e. The molecule has 86 heavy (non-hydrogen) atoms. The first-order chi connectivity index (χ1) is 42.6. The SMILES string of the molecule is c1ccc(P(=Nc2cc(N=P(c3ccccc3)(c3ccccc3)c3ccccc3)c(N=P(c3ccccc3)(c3ccccc3)c3ccccc3)cc2N=P(c2ccccc2)(c2ccccc2)c2ccccc2)(c2ccccc2)c2ccccc2)cc1. The monoisotopic (exact) mass is 1180 g/mol. The van der Waals surface area contributed by atoms with Crippen molar-refractivity contribution in [2.24, 2.45) is 19.0 Å². The van der Waals surface area contributed by atoms with Gasteiger partial charge in [0.15, 0.2) is 0 Å². The van der Waals surface area contributed by atoms with Crippen LogP contribution in [-0.4, -0.2) is 0 Å². The maximum absolute atomic E-state index is 6.54. The standard InChI is InChI=1S/C78H62N4P4/c1-13-37-63(38-14-1)83(64-39-15-2-16-40-64,65-41-17-3-18-42-65)79-75-61-77(81-85(69-49-25-7-26-50-69,70-51-27-8-28-52-70)71-53-29-9-30-54-71)78(82-86(72-55-31-10-32-56-72,73-57-33-11-34-58-73)74-59-35-12-36-60-74)62-76(75)80-84(66-43-19-4-20-44-66,67-45-21-5-22-46-67)68-47-23-6-24-48-68/h1-62H. The van der Waals surface area contributed by atoms with Gasteiger partial charge in [0.05, 0.1) is 51.0 Å². The quantitative estimate of drug-likeness (QED) is 0.0866. The molecule has 0 saturated carbocycles. The highest BCUT2D eigenvalue weighted by molar-refractivity contribution is 7.89. The molecule has 0 aromatic heterocycles. The van der Waals surface area contributed by atoms with E-state index in [2.05, 4.69) is 376 Å². The van der Waals surface area contributed by atoms with Gasteiger partial charge in [-0.05, 0) is 12.1 Å². The molecule has 0 aliphatic rings. The van der Waals surface area contributed by atoms with E-state index >= 15 is 0 Å². The van der Waals surface area contributed by atoms with E-state index in [4.69, 9.17) is 19.0 Å². The molecule has 13 aromatic carbocycles. The lowest BCUT2D eigenvalue weighted by atomic mass is 10.2. The van der Waals surface area contributed by atoms with Gasteiger partial charge in [0.25, 0.3) is 0 Å². The van der Waals surface area contributed by atoms with Crippen LogP contribution >= 0.6 is 28.2 Å².